The van der Waals surface area contributed by atoms with E-state index in [1.165, 1.54) is 11.1 Å². The monoisotopic (exact) mass is 328 g/mol. The summed E-state index contributed by atoms with van der Waals surface area (Å²) in [6, 6.07) is 4.27. The van der Waals surface area contributed by atoms with Crippen molar-refractivity contribution >= 4 is 21.4 Å². The van der Waals surface area contributed by atoms with Crippen LogP contribution in [0.2, 0.25) is 0 Å². The van der Waals surface area contributed by atoms with Crippen LogP contribution in [0.25, 0.3) is 0 Å². The van der Waals surface area contributed by atoms with E-state index in [1.54, 1.807) is 11.3 Å². The van der Waals surface area contributed by atoms with Crippen LogP contribution in [0.4, 0.5) is 0 Å². The van der Waals surface area contributed by atoms with E-state index >= 15 is 0 Å². The van der Waals surface area contributed by atoms with E-state index in [-0.39, 0.29) is 5.54 Å². The van der Waals surface area contributed by atoms with Gasteiger partial charge in [-0.15, -0.1) is 11.3 Å². The molecule has 6 heteroatoms. The van der Waals surface area contributed by atoms with Gasteiger partial charge in [0.05, 0.1) is 6.26 Å². The molecule has 1 aromatic rings. The Morgan fingerprint density at radius 1 is 1.19 bits per heavy atom. The Balaban J connectivity index is 1.67. The first-order valence-corrected chi connectivity index (χ1v) is 10.5. The van der Waals surface area contributed by atoms with Gasteiger partial charge in [-0.2, -0.15) is 4.31 Å². The normalized spacial score (nSPS) is 24.4. The molecule has 4 nitrogen and oxygen atoms in total. The molecule has 0 saturated carbocycles. The predicted molar refractivity (Wildman–Crippen MR) is 87.0 cm³/mol. The van der Waals surface area contributed by atoms with Crippen molar-refractivity contribution in [2.45, 2.75) is 44.2 Å². The fourth-order valence-electron chi connectivity index (χ4n) is 3.84. The molecule has 2 aliphatic heterocycles. The second kappa shape index (κ2) is 5.99. The maximum absolute atomic E-state index is 12.1. The second-order valence-electron chi connectivity index (χ2n) is 6.37. The fourth-order valence-corrected chi connectivity index (χ4v) is 6.02. The van der Waals surface area contributed by atoms with Crippen LogP contribution >= 0.6 is 11.3 Å². The molecule has 118 valence electrons. The van der Waals surface area contributed by atoms with Crippen LogP contribution in [0.15, 0.2) is 17.5 Å². The Hall–Kier alpha value is -0.430. The molecule has 0 aliphatic carbocycles. The standard InChI is InChI=1S/C15H24N2O2S2/c1-21(18,19)17-9-3-2-6-15(17)7-10-16(11-8-15)13-14-5-4-12-20-14/h4-5,12H,2-3,6-11,13H2,1H3. The van der Waals surface area contributed by atoms with Crippen LogP contribution in [-0.4, -0.2) is 49.1 Å². The summed E-state index contributed by atoms with van der Waals surface area (Å²) in [5, 5.41) is 2.12. The van der Waals surface area contributed by atoms with E-state index < -0.39 is 10.0 Å². The molecule has 0 N–H and O–H groups in total. The van der Waals surface area contributed by atoms with Crippen LogP contribution in [-0.2, 0) is 16.6 Å². The molecular weight excluding hydrogens is 304 g/mol. The number of thiophene rings is 1. The van der Waals surface area contributed by atoms with Gasteiger partial charge in [0.15, 0.2) is 0 Å². The van der Waals surface area contributed by atoms with Crippen molar-refractivity contribution in [1.29, 1.82) is 0 Å². The molecule has 0 aromatic carbocycles. The van der Waals surface area contributed by atoms with Gasteiger partial charge in [0.25, 0.3) is 0 Å². The van der Waals surface area contributed by atoms with Gasteiger partial charge in [-0.1, -0.05) is 12.5 Å². The van der Waals surface area contributed by atoms with E-state index in [4.69, 9.17) is 0 Å². The second-order valence-corrected chi connectivity index (χ2v) is 9.31. The predicted octanol–water partition coefficient (Wildman–Crippen LogP) is 2.53. The van der Waals surface area contributed by atoms with Crippen molar-refractivity contribution in [3.8, 4) is 0 Å². The summed E-state index contributed by atoms with van der Waals surface area (Å²) >= 11 is 1.80. The minimum Gasteiger partial charge on any atom is -0.298 e. The minimum absolute atomic E-state index is 0.0994. The third kappa shape index (κ3) is 3.33. The lowest BCUT2D eigenvalue weighted by atomic mass is 9.80. The van der Waals surface area contributed by atoms with Crippen molar-refractivity contribution in [1.82, 2.24) is 9.21 Å². The highest BCUT2D eigenvalue weighted by Gasteiger charge is 2.45. The Morgan fingerprint density at radius 3 is 2.57 bits per heavy atom. The molecule has 2 fully saturated rings. The lowest BCUT2D eigenvalue weighted by molar-refractivity contribution is 0.0463. The van der Waals surface area contributed by atoms with Crippen molar-refractivity contribution in [3.05, 3.63) is 22.4 Å². The first kappa shape index (κ1) is 15.5. The molecule has 0 unspecified atom stereocenters. The van der Waals surface area contributed by atoms with Gasteiger partial charge in [0.1, 0.15) is 0 Å². The molecule has 3 rings (SSSR count). The van der Waals surface area contributed by atoms with Crippen molar-refractivity contribution in [2.24, 2.45) is 0 Å². The number of hydrogen-bond acceptors (Lipinski definition) is 4. The molecule has 2 aliphatic rings. The number of sulfonamides is 1. The fraction of sp³-hybridized carbons (Fsp3) is 0.733. The molecule has 2 saturated heterocycles. The van der Waals surface area contributed by atoms with E-state index in [2.05, 4.69) is 22.4 Å². The molecular formula is C15H24N2O2S2. The lowest BCUT2D eigenvalue weighted by Crippen LogP contribution is -2.58. The van der Waals surface area contributed by atoms with Gasteiger partial charge in [-0.25, -0.2) is 8.42 Å². The molecule has 3 heterocycles. The molecule has 0 bridgehead atoms. The third-order valence-corrected chi connectivity index (χ3v) is 7.16. The van der Waals surface area contributed by atoms with Gasteiger partial charge in [-0.3, -0.25) is 4.90 Å². The Labute approximate surface area is 131 Å². The summed E-state index contributed by atoms with van der Waals surface area (Å²) in [7, 11) is -3.08. The smallest absolute Gasteiger partial charge is 0.211 e. The average Bonchev–Trinajstić information content (AvgIpc) is 2.94. The quantitative estimate of drug-likeness (QED) is 0.856. The van der Waals surface area contributed by atoms with E-state index in [0.717, 1.165) is 51.7 Å². The maximum Gasteiger partial charge on any atom is 0.211 e. The zero-order valence-electron chi connectivity index (χ0n) is 12.6. The highest BCUT2D eigenvalue weighted by Crippen LogP contribution is 2.39. The van der Waals surface area contributed by atoms with Crippen LogP contribution in [0.1, 0.15) is 37.0 Å². The molecule has 0 atom stereocenters. The maximum atomic E-state index is 12.1. The van der Waals surface area contributed by atoms with Crippen molar-refractivity contribution in [2.75, 3.05) is 25.9 Å². The topological polar surface area (TPSA) is 40.6 Å². The SMILES string of the molecule is CS(=O)(=O)N1CCCCC12CCN(Cc1cccs1)CC2. The first-order chi connectivity index (χ1) is 10.00. The largest absolute Gasteiger partial charge is 0.298 e. The van der Waals surface area contributed by atoms with Crippen LogP contribution in [0.3, 0.4) is 0 Å². The number of nitrogens with zero attached hydrogens (tertiary/aromatic N) is 2. The minimum atomic E-state index is -3.08. The lowest BCUT2D eigenvalue weighted by Gasteiger charge is -2.50. The Kier molecular flexibility index (Phi) is 4.41. The van der Waals surface area contributed by atoms with Gasteiger partial charge in [0.2, 0.25) is 10.0 Å². The first-order valence-electron chi connectivity index (χ1n) is 7.72. The molecule has 0 radical (unpaired) electrons. The zero-order chi connectivity index (χ0) is 14.9. The highest BCUT2D eigenvalue weighted by atomic mass is 32.2. The summed E-state index contributed by atoms with van der Waals surface area (Å²) in [6.45, 7) is 3.73. The van der Waals surface area contributed by atoms with Gasteiger partial charge >= 0.3 is 0 Å². The Morgan fingerprint density at radius 2 is 1.95 bits per heavy atom. The number of likely N-dealkylation sites (tertiary alicyclic amines) is 1. The number of rotatable bonds is 3. The summed E-state index contributed by atoms with van der Waals surface area (Å²) in [6.07, 6.45) is 6.53. The van der Waals surface area contributed by atoms with Gasteiger partial charge < -0.3 is 0 Å². The summed E-state index contributed by atoms with van der Waals surface area (Å²) in [4.78, 5) is 3.86. The summed E-state index contributed by atoms with van der Waals surface area (Å²) in [5.41, 5.74) is -0.0994. The average molecular weight is 329 g/mol. The molecule has 1 spiro atoms. The van der Waals surface area contributed by atoms with Crippen molar-refractivity contribution < 1.29 is 8.42 Å². The zero-order valence-corrected chi connectivity index (χ0v) is 14.3. The molecule has 21 heavy (non-hydrogen) atoms. The highest BCUT2D eigenvalue weighted by molar-refractivity contribution is 7.88. The summed E-state index contributed by atoms with van der Waals surface area (Å²) < 4.78 is 26.0. The molecule has 0 amide bonds. The van der Waals surface area contributed by atoms with Crippen LogP contribution < -0.4 is 0 Å². The van der Waals surface area contributed by atoms with E-state index in [1.807, 2.05) is 4.31 Å². The van der Waals surface area contributed by atoms with Crippen LogP contribution in [0.5, 0.6) is 0 Å². The van der Waals surface area contributed by atoms with Crippen LogP contribution in [0, 0.1) is 0 Å². The molecule has 1 aromatic heterocycles. The summed E-state index contributed by atoms with van der Waals surface area (Å²) in [5.74, 6) is 0. The van der Waals surface area contributed by atoms with Gasteiger partial charge in [0, 0.05) is 36.6 Å². The Bertz CT molecular complexity index is 561. The number of piperidine rings is 2. The van der Waals surface area contributed by atoms with Gasteiger partial charge in [-0.05, 0) is 37.1 Å². The van der Waals surface area contributed by atoms with Crippen molar-refractivity contribution in [3.63, 3.8) is 0 Å². The third-order valence-electron chi connectivity index (χ3n) is 4.93. The number of hydrogen-bond donors (Lipinski definition) is 0. The van der Waals surface area contributed by atoms with E-state index in [0.29, 0.717) is 6.54 Å². The van der Waals surface area contributed by atoms with E-state index in [9.17, 15) is 8.42 Å².